The Kier molecular flexibility index (Phi) is 8.44. The summed E-state index contributed by atoms with van der Waals surface area (Å²) >= 11 is 6.29. The van der Waals surface area contributed by atoms with Crippen LogP contribution in [0.4, 0.5) is 24.5 Å². The lowest BCUT2D eigenvalue weighted by atomic mass is 10.0. The molecule has 0 spiro atoms. The summed E-state index contributed by atoms with van der Waals surface area (Å²) < 4.78 is 56.0. The second-order valence-electron chi connectivity index (χ2n) is 9.45. The summed E-state index contributed by atoms with van der Waals surface area (Å²) in [7, 11) is 1.52. The molecule has 0 bridgehead atoms. The number of rotatable bonds is 10. The van der Waals surface area contributed by atoms with E-state index in [0.29, 0.717) is 52.2 Å². The van der Waals surface area contributed by atoms with Gasteiger partial charge in [-0.05, 0) is 42.7 Å². The average molecular weight is 602 g/mol. The normalized spacial score (nSPS) is 13.4. The molecule has 0 radical (unpaired) electrons. The number of carbonyl (C=O) groups is 1. The second kappa shape index (κ2) is 12.2. The first-order valence-electron chi connectivity index (χ1n) is 13.1. The van der Waals surface area contributed by atoms with Gasteiger partial charge < -0.3 is 24.4 Å². The number of amides is 1. The zero-order chi connectivity index (χ0) is 29.9. The van der Waals surface area contributed by atoms with E-state index in [2.05, 4.69) is 20.1 Å². The highest BCUT2D eigenvalue weighted by atomic mass is 35.5. The third-order valence-electron chi connectivity index (χ3n) is 6.57. The third-order valence-corrected chi connectivity index (χ3v) is 6.80. The molecule has 9 nitrogen and oxygen atoms in total. The first-order chi connectivity index (χ1) is 20.1. The van der Waals surface area contributed by atoms with E-state index in [0.717, 1.165) is 12.0 Å². The number of halogens is 4. The Labute approximate surface area is 244 Å². The maximum atomic E-state index is 14.3. The summed E-state index contributed by atoms with van der Waals surface area (Å²) in [5.41, 5.74) is 2.71. The number of nitrogens with one attached hydrogen (secondary N) is 1. The molecule has 1 atom stereocenters. The molecule has 4 aromatic rings. The Balaban J connectivity index is 1.57. The first-order valence-corrected chi connectivity index (χ1v) is 13.5. The fourth-order valence-corrected chi connectivity index (χ4v) is 4.88. The van der Waals surface area contributed by atoms with Crippen LogP contribution in [0.3, 0.4) is 0 Å². The van der Waals surface area contributed by atoms with Crippen molar-refractivity contribution in [2.24, 2.45) is 0 Å². The highest BCUT2D eigenvalue weighted by Gasteiger charge is 2.35. The molecule has 0 saturated carbocycles. The number of alkyl halides is 3. The molecule has 13 heteroatoms. The van der Waals surface area contributed by atoms with E-state index in [1.165, 1.54) is 42.9 Å². The lowest BCUT2D eigenvalue weighted by Gasteiger charge is -2.28. The van der Waals surface area contributed by atoms with Crippen LogP contribution < -0.4 is 24.4 Å². The van der Waals surface area contributed by atoms with E-state index >= 15 is 0 Å². The highest BCUT2D eigenvalue weighted by molar-refractivity contribution is 6.30. The molecule has 1 N–H and O–H groups in total. The van der Waals surface area contributed by atoms with Crippen molar-refractivity contribution in [2.45, 2.75) is 32.2 Å². The van der Waals surface area contributed by atoms with E-state index in [1.807, 2.05) is 6.92 Å². The molecule has 0 aliphatic carbocycles. The minimum absolute atomic E-state index is 0.267. The van der Waals surface area contributed by atoms with E-state index in [1.54, 1.807) is 41.1 Å². The summed E-state index contributed by atoms with van der Waals surface area (Å²) in [5.74, 6) is 0.0831. The zero-order valence-corrected chi connectivity index (χ0v) is 23.4. The molecule has 0 saturated heterocycles. The van der Waals surface area contributed by atoms with Crippen LogP contribution in [0.5, 0.6) is 17.2 Å². The lowest BCUT2D eigenvalue weighted by molar-refractivity contribution is -0.274. The fourth-order valence-electron chi connectivity index (χ4n) is 4.72. The molecular weight excluding hydrogens is 575 g/mol. The van der Waals surface area contributed by atoms with Crippen LogP contribution in [0.25, 0.3) is 5.69 Å². The van der Waals surface area contributed by atoms with Crippen molar-refractivity contribution in [3.05, 3.63) is 83.4 Å². The van der Waals surface area contributed by atoms with Gasteiger partial charge in [0, 0.05) is 41.0 Å². The fraction of sp³-hybridized carbons (Fsp3) is 0.276. The molecule has 0 fully saturated rings. The van der Waals surface area contributed by atoms with Crippen LogP contribution >= 0.6 is 11.6 Å². The Bertz CT molecular complexity index is 1570. The number of hydrogen-bond donors (Lipinski definition) is 1. The maximum Gasteiger partial charge on any atom is 0.573 e. The minimum Gasteiger partial charge on any atom is -0.497 e. The molecular formula is C29H27ClF3N5O4. The van der Waals surface area contributed by atoms with Gasteiger partial charge in [-0.15, -0.1) is 13.2 Å². The second-order valence-corrected chi connectivity index (χ2v) is 9.88. The van der Waals surface area contributed by atoms with Gasteiger partial charge in [0.1, 0.15) is 35.9 Å². The number of benzene rings is 3. The van der Waals surface area contributed by atoms with Crippen molar-refractivity contribution < 1.29 is 32.2 Å². The van der Waals surface area contributed by atoms with Gasteiger partial charge in [-0.2, -0.15) is 5.10 Å². The zero-order valence-electron chi connectivity index (χ0n) is 22.7. The van der Waals surface area contributed by atoms with Gasteiger partial charge in [-0.1, -0.05) is 30.7 Å². The van der Waals surface area contributed by atoms with Crippen LogP contribution in [-0.2, 0) is 11.2 Å². The van der Waals surface area contributed by atoms with Crippen molar-refractivity contribution in [2.75, 3.05) is 30.5 Å². The standard InChI is InChI=1S/C29H27ClF3N5O4/c1-3-10-41-26-11-19(30)5-7-24(26)27(36-20-12-21(14-23(13-20)40-2)38-17-34-16-35-38)28(39)37-9-8-18-4-6-22(15-25(18)37)42-29(31,32)33/h4-7,11-17,27,36H,3,8-10H2,1-2H3. The summed E-state index contributed by atoms with van der Waals surface area (Å²) in [6.45, 7) is 2.60. The Morgan fingerprint density at radius 3 is 2.67 bits per heavy atom. The van der Waals surface area contributed by atoms with E-state index < -0.39 is 24.1 Å². The van der Waals surface area contributed by atoms with Gasteiger partial charge in [0.25, 0.3) is 5.91 Å². The summed E-state index contributed by atoms with van der Waals surface area (Å²) in [6, 6.07) is 13.2. The molecule has 2 heterocycles. The topological polar surface area (TPSA) is 90.7 Å². The molecule has 42 heavy (non-hydrogen) atoms. The third kappa shape index (κ3) is 6.54. The Morgan fingerprint density at radius 2 is 1.95 bits per heavy atom. The molecule has 3 aromatic carbocycles. The van der Waals surface area contributed by atoms with Crippen molar-refractivity contribution in [3.8, 4) is 22.9 Å². The van der Waals surface area contributed by atoms with Crippen LogP contribution in [-0.4, -0.2) is 47.3 Å². The van der Waals surface area contributed by atoms with E-state index in [9.17, 15) is 18.0 Å². The summed E-state index contributed by atoms with van der Waals surface area (Å²) in [6.07, 6.45) is -0.759. The summed E-state index contributed by atoms with van der Waals surface area (Å²) in [4.78, 5) is 19.8. The lowest BCUT2D eigenvalue weighted by Crippen LogP contribution is -2.37. The average Bonchev–Trinajstić information content (AvgIpc) is 3.64. The number of anilines is 2. The van der Waals surface area contributed by atoms with Gasteiger partial charge >= 0.3 is 6.36 Å². The van der Waals surface area contributed by atoms with Gasteiger partial charge in [-0.25, -0.2) is 9.67 Å². The van der Waals surface area contributed by atoms with Crippen molar-refractivity contribution in [3.63, 3.8) is 0 Å². The summed E-state index contributed by atoms with van der Waals surface area (Å²) in [5, 5.41) is 7.90. The largest absolute Gasteiger partial charge is 0.573 e. The predicted molar refractivity (Wildman–Crippen MR) is 151 cm³/mol. The van der Waals surface area contributed by atoms with Crippen LogP contribution in [0, 0.1) is 0 Å². The first kappa shape index (κ1) is 29.1. The Morgan fingerprint density at radius 1 is 1.12 bits per heavy atom. The number of hydrogen-bond acceptors (Lipinski definition) is 7. The quantitative estimate of drug-likeness (QED) is 0.226. The van der Waals surface area contributed by atoms with E-state index in [4.69, 9.17) is 21.1 Å². The maximum absolute atomic E-state index is 14.3. The molecule has 1 aromatic heterocycles. The highest BCUT2D eigenvalue weighted by Crippen LogP contribution is 2.39. The monoisotopic (exact) mass is 601 g/mol. The van der Waals surface area contributed by atoms with Gasteiger partial charge in [0.2, 0.25) is 0 Å². The Hall–Kier alpha value is -4.45. The van der Waals surface area contributed by atoms with Crippen LogP contribution in [0.2, 0.25) is 5.02 Å². The molecule has 220 valence electrons. The number of aromatic nitrogens is 3. The number of fused-ring (bicyclic) bond motifs is 1. The molecule has 1 unspecified atom stereocenters. The number of nitrogens with zero attached hydrogens (tertiary/aromatic N) is 4. The molecule has 5 rings (SSSR count). The van der Waals surface area contributed by atoms with Crippen LogP contribution in [0.1, 0.15) is 30.5 Å². The van der Waals surface area contributed by atoms with Gasteiger partial charge in [-0.3, -0.25) is 4.79 Å². The molecule has 1 aliphatic rings. The van der Waals surface area contributed by atoms with Gasteiger partial charge in [0.05, 0.1) is 25.1 Å². The van der Waals surface area contributed by atoms with E-state index in [-0.39, 0.29) is 6.54 Å². The number of methoxy groups -OCH3 is 1. The smallest absolute Gasteiger partial charge is 0.497 e. The van der Waals surface area contributed by atoms with Crippen molar-refractivity contribution >= 4 is 28.9 Å². The van der Waals surface area contributed by atoms with Crippen molar-refractivity contribution in [1.82, 2.24) is 14.8 Å². The van der Waals surface area contributed by atoms with Crippen LogP contribution in [0.15, 0.2) is 67.3 Å². The predicted octanol–water partition coefficient (Wildman–Crippen LogP) is 6.36. The van der Waals surface area contributed by atoms with Gasteiger partial charge in [0.15, 0.2) is 0 Å². The number of carbonyl (C=O) groups excluding carboxylic acids is 1. The number of ether oxygens (including phenoxy) is 3. The minimum atomic E-state index is -4.87. The van der Waals surface area contributed by atoms with Crippen molar-refractivity contribution in [1.29, 1.82) is 0 Å². The molecule has 1 aliphatic heterocycles. The SMILES string of the molecule is CCCOc1cc(Cl)ccc1C(Nc1cc(OC)cc(-n2cncn2)c1)C(=O)N1CCc2ccc(OC(F)(F)F)cc21. The molecule has 1 amide bonds.